The molecule has 0 aliphatic carbocycles. The minimum Gasteiger partial charge on any atom is -0.497 e. The number of methoxy groups -OCH3 is 1. The molecule has 0 radical (unpaired) electrons. The Morgan fingerprint density at radius 2 is 1.52 bits per heavy atom. The van der Waals surface area contributed by atoms with Crippen molar-refractivity contribution in [2.75, 3.05) is 7.11 Å². The van der Waals surface area contributed by atoms with Gasteiger partial charge in [-0.1, -0.05) is 12.1 Å². The molecule has 7 nitrogen and oxygen atoms in total. The summed E-state index contributed by atoms with van der Waals surface area (Å²) in [4.78, 5) is 35.2. The molecule has 0 aliphatic heterocycles. The van der Waals surface area contributed by atoms with Gasteiger partial charge in [0.1, 0.15) is 11.5 Å². The number of ketones is 1. The van der Waals surface area contributed by atoms with Gasteiger partial charge in [0.2, 0.25) is 5.91 Å². The van der Waals surface area contributed by atoms with Crippen LogP contribution in [0.5, 0.6) is 11.5 Å². The van der Waals surface area contributed by atoms with Gasteiger partial charge in [-0.3, -0.25) is 25.2 Å². The van der Waals surface area contributed by atoms with Gasteiger partial charge < -0.3 is 9.47 Å². The number of amides is 2. The van der Waals surface area contributed by atoms with Crippen LogP contribution in [0.2, 0.25) is 0 Å². The van der Waals surface area contributed by atoms with Gasteiger partial charge in [0.25, 0.3) is 5.91 Å². The summed E-state index contributed by atoms with van der Waals surface area (Å²) in [5.74, 6) is 0.258. The second-order valence-corrected chi connectivity index (χ2v) is 5.90. The number of hydrazine groups is 1. The highest BCUT2D eigenvalue weighted by Gasteiger charge is 2.15. The number of benzene rings is 2. The van der Waals surface area contributed by atoms with Gasteiger partial charge in [-0.05, 0) is 55.8 Å². The lowest BCUT2D eigenvalue weighted by Crippen LogP contribution is -2.47. The Labute approximate surface area is 157 Å². The Bertz CT molecular complexity index is 800. The first-order valence-electron chi connectivity index (χ1n) is 8.38. The van der Waals surface area contributed by atoms with E-state index in [-0.39, 0.29) is 18.1 Å². The second kappa shape index (κ2) is 9.38. The molecule has 0 aliphatic rings. The number of hydrogen-bond acceptors (Lipinski definition) is 5. The fourth-order valence-corrected chi connectivity index (χ4v) is 2.23. The van der Waals surface area contributed by atoms with Gasteiger partial charge >= 0.3 is 0 Å². The summed E-state index contributed by atoms with van der Waals surface area (Å²) in [5.41, 5.74) is 6.04. The molecule has 142 valence electrons. The number of nitrogens with one attached hydrogen (secondary N) is 2. The molecule has 2 N–H and O–H groups in total. The summed E-state index contributed by atoms with van der Waals surface area (Å²) in [6.45, 7) is 3.03. The predicted molar refractivity (Wildman–Crippen MR) is 99.5 cm³/mol. The van der Waals surface area contributed by atoms with E-state index < -0.39 is 12.0 Å². The lowest BCUT2D eigenvalue weighted by Gasteiger charge is -2.15. The van der Waals surface area contributed by atoms with E-state index in [1.165, 1.54) is 6.92 Å². The summed E-state index contributed by atoms with van der Waals surface area (Å²) in [7, 11) is 1.57. The van der Waals surface area contributed by atoms with E-state index in [1.54, 1.807) is 62.6 Å². The number of carbonyl (C=O) groups excluding carboxylic acids is 3. The predicted octanol–water partition coefficient (Wildman–Crippen LogP) is 2.06. The molecule has 2 aromatic carbocycles. The first-order valence-corrected chi connectivity index (χ1v) is 8.38. The van der Waals surface area contributed by atoms with Gasteiger partial charge in [0, 0.05) is 5.56 Å². The zero-order valence-electron chi connectivity index (χ0n) is 15.4. The summed E-state index contributed by atoms with van der Waals surface area (Å²) in [5, 5.41) is 0. The van der Waals surface area contributed by atoms with Crippen LogP contribution in [0.1, 0.15) is 29.8 Å². The van der Waals surface area contributed by atoms with Crippen molar-refractivity contribution < 1.29 is 23.9 Å². The average molecular weight is 370 g/mol. The second-order valence-electron chi connectivity index (χ2n) is 5.90. The molecule has 1 unspecified atom stereocenters. The van der Waals surface area contributed by atoms with Gasteiger partial charge in [-0.15, -0.1) is 0 Å². The molecule has 0 aromatic heterocycles. The van der Waals surface area contributed by atoms with E-state index in [0.717, 1.165) is 5.56 Å². The molecular formula is C20H22N2O5. The maximum absolute atomic E-state index is 12.0. The van der Waals surface area contributed by atoms with Crippen LogP contribution >= 0.6 is 0 Å². The van der Waals surface area contributed by atoms with Crippen molar-refractivity contribution >= 4 is 17.6 Å². The fourth-order valence-electron chi connectivity index (χ4n) is 2.23. The molecule has 27 heavy (non-hydrogen) atoms. The van der Waals surface area contributed by atoms with Crippen molar-refractivity contribution in [3.8, 4) is 11.5 Å². The van der Waals surface area contributed by atoms with Crippen molar-refractivity contribution in [2.45, 2.75) is 26.4 Å². The van der Waals surface area contributed by atoms with E-state index >= 15 is 0 Å². The fraction of sp³-hybridized carbons (Fsp3) is 0.250. The van der Waals surface area contributed by atoms with Crippen LogP contribution in [-0.4, -0.2) is 30.8 Å². The van der Waals surface area contributed by atoms with Crippen LogP contribution in [0, 0.1) is 0 Å². The van der Waals surface area contributed by atoms with E-state index in [2.05, 4.69) is 10.9 Å². The summed E-state index contributed by atoms with van der Waals surface area (Å²) >= 11 is 0. The zero-order chi connectivity index (χ0) is 19.8. The minimum atomic E-state index is -0.825. The molecule has 1 atom stereocenters. The highest BCUT2D eigenvalue weighted by Crippen LogP contribution is 2.14. The van der Waals surface area contributed by atoms with E-state index in [0.29, 0.717) is 17.1 Å². The average Bonchev–Trinajstić information content (AvgIpc) is 2.67. The summed E-state index contributed by atoms with van der Waals surface area (Å²) in [6.07, 6.45) is -0.707. The first kappa shape index (κ1) is 20.0. The Morgan fingerprint density at radius 3 is 2.07 bits per heavy atom. The van der Waals surface area contributed by atoms with Crippen LogP contribution in [-0.2, 0) is 16.0 Å². The highest BCUT2D eigenvalue weighted by atomic mass is 16.5. The Hall–Kier alpha value is -3.35. The molecular weight excluding hydrogens is 348 g/mol. The SMILES string of the molecule is COc1ccc(CC(=O)NNC(=O)C(C)Oc2ccc(C(C)=O)cc2)cc1. The molecule has 0 saturated carbocycles. The first-order chi connectivity index (χ1) is 12.9. The molecule has 2 amide bonds. The van der Waals surface area contributed by atoms with Crippen LogP contribution in [0.3, 0.4) is 0 Å². The zero-order valence-corrected chi connectivity index (χ0v) is 15.4. The Kier molecular flexibility index (Phi) is 6.93. The third-order valence-electron chi connectivity index (χ3n) is 3.79. The van der Waals surface area contributed by atoms with Crippen molar-refractivity contribution in [3.63, 3.8) is 0 Å². The molecule has 0 fully saturated rings. The normalized spacial score (nSPS) is 11.2. The maximum atomic E-state index is 12.0. The highest BCUT2D eigenvalue weighted by molar-refractivity contribution is 5.94. The van der Waals surface area contributed by atoms with Crippen molar-refractivity contribution in [3.05, 3.63) is 59.7 Å². The number of Topliss-reactive ketones (excluding diaryl/α,β-unsaturated/α-hetero) is 1. The van der Waals surface area contributed by atoms with Crippen molar-refractivity contribution in [1.82, 2.24) is 10.9 Å². The maximum Gasteiger partial charge on any atom is 0.279 e. The van der Waals surface area contributed by atoms with Crippen molar-refractivity contribution in [2.24, 2.45) is 0 Å². The molecule has 2 aromatic rings. The number of carbonyl (C=O) groups is 3. The smallest absolute Gasteiger partial charge is 0.279 e. The van der Waals surface area contributed by atoms with E-state index in [9.17, 15) is 14.4 Å². The van der Waals surface area contributed by atoms with Crippen LogP contribution in [0.4, 0.5) is 0 Å². The molecule has 0 heterocycles. The van der Waals surface area contributed by atoms with Gasteiger partial charge in [0.15, 0.2) is 11.9 Å². The van der Waals surface area contributed by atoms with Crippen LogP contribution in [0.15, 0.2) is 48.5 Å². The van der Waals surface area contributed by atoms with Gasteiger partial charge in [0.05, 0.1) is 13.5 Å². The van der Waals surface area contributed by atoms with Crippen molar-refractivity contribution in [1.29, 1.82) is 0 Å². The third kappa shape index (κ3) is 6.14. The number of hydrogen-bond donors (Lipinski definition) is 2. The molecule has 0 saturated heterocycles. The van der Waals surface area contributed by atoms with Gasteiger partial charge in [-0.25, -0.2) is 0 Å². The lowest BCUT2D eigenvalue weighted by atomic mass is 10.1. The molecule has 0 spiro atoms. The van der Waals surface area contributed by atoms with E-state index in [4.69, 9.17) is 9.47 Å². The minimum absolute atomic E-state index is 0.0492. The molecule has 7 heteroatoms. The number of ether oxygens (including phenoxy) is 2. The molecule has 2 rings (SSSR count). The van der Waals surface area contributed by atoms with Crippen LogP contribution < -0.4 is 20.3 Å². The Balaban J connectivity index is 1.79. The van der Waals surface area contributed by atoms with Crippen LogP contribution in [0.25, 0.3) is 0 Å². The molecule has 0 bridgehead atoms. The summed E-state index contributed by atoms with van der Waals surface area (Å²) in [6, 6.07) is 13.5. The largest absolute Gasteiger partial charge is 0.497 e. The Morgan fingerprint density at radius 1 is 0.926 bits per heavy atom. The third-order valence-corrected chi connectivity index (χ3v) is 3.79. The topological polar surface area (TPSA) is 93.7 Å². The quantitative estimate of drug-likeness (QED) is 0.575. The number of rotatable bonds is 7. The monoisotopic (exact) mass is 370 g/mol. The van der Waals surface area contributed by atoms with E-state index in [1.807, 2.05) is 0 Å². The van der Waals surface area contributed by atoms with Gasteiger partial charge in [-0.2, -0.15) is 0 Å². The summed E-state index contributed by atoms with van der Waals surface area (Å²) < 4.78 is 10.6. The standard InChI is InChI=1S/C20H22N2O5/c1-13(23)16-6-10-18(11-7-16)27-14(2)20(25)22-21-19(24)12-15-4-8-17(26-3)9-5-15/h4-11,14H,12H2,1-3H3,(H,21,24)(H,22,25). The lowest BCUT2D eigenvalue weighted by molar-refractivity contribution is -0.132.